The van der Waals surface area contributed by atoms with Crippen molar-refractivity contribution in [2.24, 2.45) is 5.73 Å². The van der Waals surface area contributed by atoms with E-state index in [1.807, 2.05) is 0 Å². The lowest BCUT2D eigenvalue weighted by Gasteiger charge is -2.06. The van der Waals surface area contributed by atoms with Crippen molar-refractivity contribution in [3.63, 3.8) is 0 Å². The van der Waals surface area contributed by atoms with Crippen LogP contribution in [0.1, 0.15) is 10.4 Å². The van der Waals surface area contributed by atoms with Crippen LogP contribution in [0.15, 0.2) is 27.4 Å². The standard InChI is InChI=1S/C11H10N2O4/c1-16-6-4-2-3-5-8(14)7(10(12)15)11(13)17-9(5)6/h2-4H,13H2,1H3,(H2,12,15). The van der Waals surface area contributed by atoms with E-state index in [1.54, 1.807) is 12.1 Å². The molecule has 1 aromatic carbocycles. The molecular weight excluding hydrogens is 224 g/mol. The van der Waals surface area contributed by atoms with Gasteiger partial charge in [-0.2, -0.15) is 0 Å². The number of anilines is 1. The number of fused-ring (bicyclic) bond motifs is 1. The van der Waals surface area contributed by atoms with Gasteiger partial charge in [0.2, 0.25) is 11.3 Å². The molecule has 2 rings (SSSR count). The number of amides is 1. The summed E-state index contributed by atoms with van der Waals surface area (Å²) in [6.07, 6.45) is 0. The molecule has 0 fully saturated rings. The number of primary amides is 1. The van der Waals surface area contributed by atoms with Crippen molar-refractivity contribution in [2.45, 2.75) is 0 Å². The maximum atomic E-state index is 12.0. The molecule has 17 heavy (non-hydrogen) atoms. The summed E-state index contributed by atoms with van der Waals surface area (Å²) in [6, 6.07) is 4.74. The monoisotopic (exact) mass is 234 g/mol. The number of carbonyl (C=O) groups excluding carboxylic acids is 1. The minimum Gasteiger partial charge on any atom is -0.493 e. The minimum absolute atomic E-state index is 0.197. The fourth-order valence-electron chi connectivity index (χ4n) is 1.60. The lowest BCUT2D eigenvalue weighted by Crippen LogP contribution is -2.23. The highest BCUT2D eigenvalue weighted by Gasteiger charge is 2.18. The molecule has 0 saturated carbocycles. The van der Waals surface area contributed by atoms with Gasteiger partial charge in [-0.3, -0.25) is 9.59 Å². The molecule has 0 aliphatic rings. The first-order valence-electron chi connectivity index (χ1n) is 4.75. The van der Waals surface area contributed by atoms with Crippen LogP contribution >= 0.6 is 0 Å². The second-order valence-electron chi connectivity index (χ2n) is 3.37. The van der Waals surface area contributed by atoms with E-state index in [9.17, 15) is 9.59 Å². The molecule has 0 aliphatic heterocycles. The van der Waals surface area contributed by atoms with Crippen molar-refractivity contribution >= 4 is 22.8 Å². The molecule has 0 spiro atoms. The smallest absolute Gasteiger partial charge is 0.258 e. The SMILES string of the molecule is COc1cccc2c(=O)c(C(N)=O)c(N)oc12. The van der Waals surface area contributed by atoms with Gasteiger partial charge in [-0.25, -0.2) is 0 Å². The number of benzene rings is 1. The molecular formula is C11H10N2O4. The molecule has 0 unspecified atom stereocenters. The second kappa shape index (κ2) is 3.82. The number of nitrogens with two attached hydrogens (primary N) is 2. The maximum absolute atomic E-state index is 12.0. The summed E-state index contributed by atoms with van der Waals surface area (Å²) in [5.74, 6) is -0.859. The van der Waals surface area contributed by atoms with Gasteiger partial charge in [0.05, 0.1) is 12.5 Å². The normalized spacial score (nSPS) is 10.4. The van der Waals surface area contributed by atoms with Gasteiger partial charge in [0.15, 0.2) is 11.3 Å². The zero-order valence-electron chi connectivity index (χ0n) is 9.02. The van der Waals surface area contributed by atoms with Crippen LogP contribution in [0.4, 0.5) is 5.88 Å². The highest BCUT2D eigenvalue weighted by molar-refractivity contribution is 6.00. The first-order valence-corrected chi connectivity index (χ1v) is 4.75. The molecule has 6 nitrogen and oxygen atoms in total. The molecule has 2 aromatic rings. The summed E-state index contributed by atoms with van der Waals surface area (Å²) in [5, 5.41) is 0.201. The van der Waals surface area contributed by atoms with E-state index >= 15 is 0 Å². The van der Waals surface area contributed by atoms with Crippen molar-refractivity contribution in [1.29, 1.82) is 0 Å². The number of carbonyl (C=O) groups is 1. The predicted molar refractivity (Wildman–Crippen MR) is 62.0 cm³/mol. The van der Waals surface area contributed by atoms with Crippen LogP contribution in [0.5, 0.6) is 5.75 Å². The van der Waals surface area contributed by atoms with Crippen LogP contribution in [-0.4, -0.2) is 13.0 Å². The summed E-state index contributed by atoms with van der Waals surface area (Å²) in [5.41, 5.74) is 9.85. The first-order chi connectivity index (χ1) is 8.06. The number of ether oxygens (including phenoxy) is 1. The van der Waals surface area contributed by atoms with E-state index in [-0.39, 0.29) is 22.4 Å². The fraction of sp³-hybridized carbons (Fsp3) is 0.0909. The maximum Gasteiger partial charge on any atom is 0.258 e. The molecule has 6 heteroatoms. The number of methoxy groups -OCH3 is 1. The van der Waals surface area contributed by atoms with Crippen LogP contribution in [0.2, 0.25) is 0 Å². The van der Waals surface area contributed by atoms with Gasteiger partial charge in [0.25, 0.3) is 5.91 Å². The highest BCUT2D eigenvalue weighted by Crippen LogP contribution is 2.26. The Hall–Kier alpha value is -2.50. The first kappa shape index (κ1) is 11.0. The molecule has 0 aliphatic carbocycles. The Balaban J connectivity index is 2.96. The third-order valence-corrected chi connectivity index (χ3v) is 2.38. The number of para-hydroxylation sites is 1. The van der Waals surface area contributed by atoms with E-state index in [2.05, 4.69) is 0 Å². The fourth-order valence-corrected chi connectivity index (χ4v) is 1.60. The molecule has 0 atom stereocenters. The lowest BCUT2D eigenvalue weighted by molar-refractivity contribution is 0.0999. The Bertz CT molecular complexity index is 660. The van der Waals surface area contributed by atoms with Gasteiger partial charge < -0.3 is 20.6 Å². The van der Waals surface area contributed by atoms with Crippen LogP contribution < -0.4 is 21.6 Å². The topological polar surface area (TPSA) is 109 Å². The number of rotatable bonds is 2. The molecule has 0 radical (unpaired) electrons. The average molecular weight is 234 g/mol. The van der Waals surface area contributed by atoms with E-state index in [0.717, 1.165) is 0 Å². The van der Waals surface area contributed by atoms with Gasteiger partial charge in [0.1, 0.15) is 5.56 Å². The van der Waals surface area contributed by atoms with Crippen LogP contribution in [-0.2, 0) is 0 Å². The van der Waals surface area contributed by atoms with Crippen LogP contribution in [0.25, 0.3) is 11.0 Å². The number of nitrogen functional groups attached to an aromatic ring is 1. The zero-order chi connectivity index (χ0) is 12.6. The van der Waals surface area contributed by atoms with E-state index < -0.39 is 11.3 Å². The Morgan fingerprint density at radius 1 is 1.41 bits per heavy atom. The third-order valence-electron chi connectivity index (χ3n) is 2.38. The van der Waals surface area contributed by atoms with Gasteiger partial charge in [-0.1, -0.05) is 6.07 Å². The van der Waals surface area contributed by atoms with Gasteiger partial charge in [-0.15, -0.1) is 0 Å². The summed E-state index contributed by atoms with van der Waals surface area (Å²) in [4.78, 5) is 23.1. The Kier molecular flexibility index (Phi) is 2.47. The molecule has 1 heterocycles. The van der Waals surface area contributed by atoms with Crippen molar-refractivity contribution in [1.82, 2.24) is 0 Å². The predicted octanol–water partition coefficient (Wildman–Crippen LogP) is 0.483. The molecule has 4 N–H and O–H groups in total. The minimum atomic E-state index is -0.916. The lowest BCUT2D eigenvalue weighted by atomic mass is 10.1. The quantitative estimate of drug-likeness (QED) is 0.785. The summed E-state index contributed by atoms with van der Waals surface area (Å²) in [6.45, 7) is 0. The highest BCUT2D eigenvalue weighted by atomic mass is 16.5. The Morgan fingerprint density at radius 3 is 2.71 bits per heavy atom. The van der Waals surface area contributed by atoms with Crippen LogP contribution in [0.3, 0.4) is 0 Å². The van der Waals surface area contributed by atoms with Crippen molar-refractivity contribution < 1.29 is 13.9 Å². The van der Waals surface area contributed by atoms with Gasteiger partial charge >= 0.3 is 0 Å². The summed E-state index contributed by atoms with van der Waals surface area (Å²) < 4.78 is 10.2. The average Bonchev–Trinajstić information content (AvgIpc) is 2.28. The van der Waals surface area contributed by atoms with Crippen molar-refractivity contribution in [3.05, 3.63) is 34.0 Å². The Morgan fingerprint density at radius 2 is 2.12 bits per heavy atom. The largest absolute Gasteiger partial charge is 0.493 e. The molecule has 1 amide bonds. The molecule has 0 saturated heterocycles. The van der Waals surface area contributed by atoms with E-state index in [1.165, 1.54) is 13.2 Å². The van der Waals surface area contributed by atoms with Crippen LogP contribution in [0, 0.1) is 0 Å². The zero-order valence-corrected chi connectivity index (χ0v) is 9.02. The van der Waals surface area contributed by atoms with Gasteiger partial charge in [-0.05, 0) is 12.1 Å². The molecule has 88 valence electrons. The number of hydrogen-bond donors (Lipinski definition) is 2. The summed E-state index contributed by atoms with van der Waals surface area (Å²) >= 11 is 0. The molecule has 0 bridgehead atoms. The summed E-state index contributed by atoms with van der Waals surface area (Å²) in [7, 11) is 1.44. The molecule has 1 aromatic heterocycles. The van der Waals surface area contributed by atoms with Crippen molar-refractivity contribution in [3.8, 4) is 5.75 Å². The van der Waals surface area contributed by atoms with E-state index in [0.29, 0.717) is 5.75 Å². The second-order valence-corrected chi connectivity index (χ2v) is 3.37. The number of hydrogen-bond acceptors (Lipinski definition) is 5. The van der Waals surface area contributed by atoms with Gasteiger partial charge in [0, 0.05) is 0 Å². The third kappa shape index (κ3) is 1.59. The van der Waals surface area contributed by atoms with Crippen molar-refractivity contribution in [2.75, 3.05) is 12.8 Å². The Labute approximate surface area is 95.8 Å². The van der Waals surface area contributed by atoms with E-state index in [4.69, 9.17) is 20.6 Å².